The van der Waals surface area contributed by atoms with E-state index in [0.717, 1.165) is 22.2 Å². The Balaban J connectivity index is 2.11. The van der Waals surface area contributed by atoms with Gasteiger partial charge in [-0.25, -0.2) is 0 Å². The SMILES string of the molecule is CCOc1cccc(C(N)Cc2sccc2Br)c1. The van der Waals surface area contributed by atoms with Crippen molar-refractivity contribution >= 4 is 27.3 Å². The van der Waals surface area contributed by atoms with E-state index in [1.807, 2.05) is 25.1 Å². The van der Waals surface area contributed by atoms with E-state index >= 15 is 0 Å². The second-order valence-corrected chi connectivity index (χ2v) is 5.86. The quantitative estimate of drug-likeness (QED) is 0.896. The van der Waals surface area contributed by atoms with Gasteiger partial charge >= 0.3 is 0 Å². The van der Waals surface area contributed by atoms with Gasteiger partial charge in [-0.3, -0.25) is 0 Å². The molecule has 2 N–H and O–H groups in total. The average molecular weight is 326 g/mol. The molecular weight excluding hydrogens is 310 g/mol. The number of nitrogens with two attached hydrogens (primary N) is 1. The van der Waals surface area contributed by atoms with E-state index in [0.29, 0.717) is 6.61 Å². The zero-order valence-corrected chi connectivity index (χ0v) is 12.6. The normalized spacial score (nSPS) is 12.4. The van der Waals surface area contributed by atoms with Crippen LogP contribution in [0.15, 0.2) is 40.2 Å². The van der Waals surface area contributed by atoms with Crippen LogP contribution >= 0.6 is 27.3 Å². The van der Waals surface area contributed by atoms with Crippen molar-refractivity contribution in [1.29, 1.82) is 0 Å². The highest BCUT2D eigenvalue weighted by atomic mass is 79.9. The predicted octanol–water partition coefficient (Wildman–Crippen LogP) is 4.15. The first kappa shape index (κ1) is 13.6. The van der Waals surface area contributed by atoms with E-state index in [4.69, 9.17) is 10.5 Å². The molecule has 0 radical (unpaired) electrons. The summed E-state index contributed by atoms with van der Waals surface area (Å²) in [5.41, 5.74) is 7.36. The molecular formula is C14H16BrNOS. The average Bonchev–Trinajstić information content (AvgIpc) is 2.76. The lowest BCUT2D eigenvalue weighted by Gasteiger charge is -2.13. The molecule has 1 aromatic carbocycles. The molecule has 1 heterocycles. The van der Waals surface area contributed by atoms with E-state index in [-0.39, 0.29) is 6.04 Å². The minimum atomic E-state index is 0.000330. The van der Waals surface area contributed by atoms with Crippen molar-refractivity contribution in [1.82, 2.24) is 0 Å². The zero-order chi connectivity index (χ0) is 13.0. The van der Waals surface area contributed by atoms with Crippen LogP contribution in [0.4, 0.5) is 0 Å². The molecule has 1 atom stereocenters. The van der Waals surface area contributed by atoms with Crippen molar-refractivity contribution in [2.75, 3.05) is 6.61 Å². The van der Waals surface area contributed by atoms with Crippen LogP contribution in [0.3, 0.4) is 0 Å². The van der Waals surface area contributed by atoms with E-state index in [2.05, 4.69) is 33.4 Å². The summed E-state index contributed by atoms with van der Waals surface area (Å²) in [4.78, 5) is 1.28. The molecule has 0 spiro atoms. The molecule has 0 bridgehead atoms. The first-order valence-electron chi connectivity index (χ1n) is 5.91. The lowest BCUT2D eigenvalue weighted by molar-refractivity contribution is 0.339. The molecule has 0 aliphatic heterocycles. The minimum absolute atomic E-state index is 0.000330. The molecule has 0 fully saturated rings. The van der Waals surface area contributed by atoms with Crippen LogP contribution < -0.4 is 10.5 Å². The maximum atomic E-state index is 6.25. The Hall–Kier alpha value is -0.840. The Morgan fingerprint density at radius 1 is 1.39 bits per heavy atom. The zero-order valence-electron chi connectivity index (χ0n) is 10.2. The fraction of sp³-hybridized carbons (Fsp3) is 0.286. The predicted molar refractivity (Wildman–Crippen MR) is 80.3 cm³/mol. The number of ether oxygens (including phenoxy) is 1. The lowest BCUT2D eigenvalue weighted by Crippen LogP contribution is -2.13. The van der Waals surface area contributed by atoms with Crippen molar-refractivity contribution in [3.05, 3.63) is 50.6 Å². The first-order valence-corrected chi connectivity index (χ1v) is 7.58. The third kappa shape index (κ3) is 3.34. The van der Waals surface area contributed by atoms with E-state index < -0.39 is 0 Å². The third-order valence-electron chi connectivity index (χ3n) is 2.69. The topological polar surface area (TPSA) is 35.2 Å². The number of hydrogen-bond acceptors (Lipinski definition) is 3. The molecule has 0 saturated carbocycles. The Morgan fingerprint density at radius 2 is 2.22 bits per heavy atom. The van der Waals surface area contributed by atoms with E-state index in [1.54, 1.807) is 11.3 Å². The van der Waals surface area contributed by atoms with Crippen LogP contribution in [0, 0.1) is 0 Å². The highest BCUT2D eigenvalue weighted by molar-refractivity contribution is 9.10. The summed E-state index contributed by atoms with van der Waals surface area (Å²) in [5.74, 6) is 0.885. The molecule has 0 aliphatic rings. The maximum Gasteiger partial charge on any atom is 0.119 e. The highest BCUT2D eigenvalue weighted by Crippen LogP contribution is 2.28. The van der Waals surface area contributed by atoms with Crippen LogP contribution in [-0.4, -0.2) is 6.61 Å². The first-order chi connectivity index (χ1) is 8.70. The van der Waals surface area contributed by atoms with Gasteiger partial charge in [0.2, 0.25) is 0 Å². The summed E-state index contributed by atoms with van der Waals surface area (Å²) in [6, 6.07) is 10.1. The molecule has 0 amide bonds. The summed E-state index contributed by atoms with van der Waals surface area (Å²) < 4.78 is 6.64. The van der Waals surface area contributed by atoms with Crippen LogP contribution in [0.2, 0.25) is 0 Å². The monoisotopic (exact) mass is 325 g/mol. The van der Waals surface area contributed by atoms with Crippen molar-refractivity contribution in [2.45, 2.75) is 19.4 Å². The highest BCUT2D eigenvalue weighted by Gasteiger charge is 2.11. The minimum Gasteiger partial charge on any atom is -0.494 e. The van der Waals surface area contributed by atoms with Gasteiger partial charge in [-0.1, -0.05) is 12.1 Å². The van der Waals surface area contributed by atoms with E-state index in [9.17, 15) is 0 Å². The molecule has 96 valence electrons. The Kier molecular flexibility index (Phi) is 4.80. The Labute approximate surface area is 120 Å². The second-order valence-electron chi connectivity index (χ2n) is 4.01. The van der Waals surface area contributed by atoms with Gasteiger partial charge in [0.05, 0.1) is 6.61 Å². The van der Waals surface area contributed by atoms with Gasteiger partial charge in [-0.05, 0) is 52.0 Å². The molecule has 0 aliphatic carbocycles. The van der Waals surface area contributed by atoms with Crippen molar-refractivity contribution in [3.63, 3.8) is 0 Å². The van der Waals surface area contributed by atoms with Gasteiger partial charge in [-0.2, -0.15) is 0 Å². The van der Waals surface area contributed by atoms with Crippen molar-refractivity contribution < 1.29 is 4.74 Å². The van der Waals surface area contributed by atoms with Gasteiger partial charge in [0, 0.05) is 21.8 Å². The number of rotatable bonds is 5. The van der Waals surface area contributed by atoms with Crippen molar-refractivity contribution in [3.8, 4) is 5.75 Å². The number of thiophene rings is 1. The van der Waals surface area contributed by atoms with Crippen molar-refractivity contribution in [2.24, 2.45) is 5.73 Å². The number of halogens is 1. The van der Waals surface area contributed by atoms with Crippen LogP contribution in [0.5, 0.6) is 5.75 Å². The van der Waals surface area contributed by atoms with Crippen LogP contribution in [0.1, 0.15) is 23.4 Å². The summed E-state index contributed by atoms with van der Waals surface area (Å²) in [6.07, 6.45) is 0.841. The van der Waals surface area contributed by atoms with Crippen LogP contribution in [0.25, 0.3) is 0 Å². The standard InChI is InChI=1S/C14H16BrNOS/c1-2-17-11-5-3-4-10(8-11)13(16)9-14-12(15)6-7-18-14/h3-8,13H,2,9,16H2,1H3. The number of hydrogen-bond donors (Lipinski definition) is 1. The summed E-state index contributed by atoms with van der Waals surface area (Å²) >= 11 is 5.27. The molecule has 0 saturated heterocycles. The summed E-state index contributed by atoms with van der Waals surface area (Å²) in [5, 5.41) is 2.07. The summed E-state index contributed by atoms with van der Waals surface area (Å²) in [7, 11) is 0. The second kappa shape index (κ2) is 6.36. The van der Waals surface area contributed by atoms with E-state index in [1.165, 1.54) is 4.88 Å². The van der Waals surface area contributed by atoms with Crippen LogP contribution in [-0.2, 0) is 6.42 Å². The molecule has 2 aromatic rings. The molecule has 4 heteroatoms. The van der Waals surface area contributed by atoms with Gasteiger partial charge in [0.25, 0.3) is 0 Å². The molecule has 1 unspecified atom stereocenters. The van der Waals surface area contributed by atoms with Gasteiger partial charge in [0.1, 0.15) is 5.75 Å². The Morgan fingerprint density at radius 3 is 2.89 bits per heavy atom. The Bertz CT molecular complexity index is 512. The molecule has 18 heavy (non-hydrogen) atoms. The summed E-state index contributed by atoms with van der Waals surface area (Å²) in [6.45, 7) is 2.66. The fourth-order valence-electron chi connectivity index (χ4n) is 1.79. The van der Waals surface area contributed by atoms with Gasteiger partial charge in [-0.15, -0.1) is 11.3 Å². The third-order valence-corrected chi connectivity index (χ3v) is 4.64. The maximum absolute atomic E-state index is 6.25. The smallest absolute Gasteiger partial charge is 0.119 e. The molecule has 2 rings (SSSR count). The fourth-order valence-corrected chi connectivity index (χ4v) is 3.36. The molecule has 2 nitrogen and oxygen atoms in total. The largest absolute Gasteiger partial charge is 0.494 e. The molecule has 1 aromatic heterocycles. The van der Waals surface area contributed by atoms with Gasteiger partial charge < -0.3 is 10.5 Å². The lowest BCUT2D eigenvalue weighted by atomic mass is 10.0. The number of benzene rings is 1. The van der Waals surface area contributed by atoms with Gasteiger partial charge in [0.15, 0.2) is 0 Å².